The molecule has 0 bridgehead atoms. The summed E-state index contributed by atoms with van der Waals surface area (Å²) >= 11 is 5.96. The van der Waals surface area contributed by atoms with E-state index in [1.54, 1.807) is 18.2 Å². The van der Waals surface area contributed by atoms with E-state index in [2.05, 4.69) is 11.2 Å². The van der Waals surface area contributed by atoms with Crippen LogP contribution < -0.4 is 10.1 Å². The third kappa shape index (κ3) is 5.04. The van der Waals surface area contributed by atoms with Gasteiger partial charge in [-0.2, -0.15) is 0 Å². The second-order valence-electron chi connectivity index (χ2n) is 3.59. The number of nitrogens with one attached hydrogen (secondary N) is 1. The van der Waals surface area contributed by atoms with Crippen LogP contribution in [0.3, 0.4) is 0 Å². The molecule has 0 saturated carbocycles. The Hall–Kier alpha value is -2.45. The monoisotopic (exact) mass is 293 g/mol. The van der Waals surface area contributed by atoms with E-state index >= 15 is 0 Å². The number of carbonyl (C=O) groups excluding carboxylic acids is 1. The van der Waals surface area contributed by atoms with Crippen LogP contribution in [0.1, 0.15) is 5.56 Å². The Bertz CT molecular complexity index is 575. The lowest BCUT2D eigenvalue weighted by molar-refractivity contribution is -0.131. The Morgan fingerprint density at radius 3 is 2.90 bits per heavy atom. The van der Waals surface area contributed by atoms with Crippen molar-refractivity contribution in [1.82, 2.24) is 5.32 Å². The summed E-state index contributed by atoms with van der Waals surface area (Å²) < 4.78 is 5.30. The molecule has 0 fully saturated rings. The minimum Gasteiger partial charge on any atom is -0.483 e. The molecule has 0 atom stereocenters. The van der Waals surface area contributed by atoms with Crippen LogP contribution in [0, 0.1) is 12.3 Å². The third-order valence-corrected chi connectivity index (χ3v) is 2.48. The van der Waals surface area contributed by atoms with Crippen LogP contribution in [0.25, 0.3) is 6.08 Å². The highest BCUT2D eigenvalue weighted by Crippen LogP contribution is 2.27. The molecule has 1 rings (SSSR count). The average molecular weight is 294 g/mol. The maximum absolute atomic E-state index is 11.4. The normalized spacial score (nSPS) is 10.0. The SMILES string of the molecule is C#CCNC(=O)COc1cccc(Cl)c1/C=C/C(=O)O. The molecule has 0 radical (unpaired) electrons. The lowest BCUT2D eigenvalue weighted by Crippen LogP contribution is -2.29. The molecule has 0 saturated heterocycles. The van der Waals surface area contributed by atoms with Crippen molar-refractivity contribution in [2.75, 3.05) is 13.2 Å². The van der Waals surface area contributed by atoms with Crippen molar-refractivity contribution in [3.63, 3.8) is 0 Å². The second-order valence-corrected chi connectivity index (χ2v) is 4.00. The largest absolute Gasteiger partial charge is 0.483 e. The van der Waals surface area contributed by atoms with Crippen molar-refractivity contribution in [2.45, 2.75) is 0 Å². The topological polar surface area (TPSA) is 75.6 Å². The van der Waals surface area contributed by atoms with E-state index in [1.807, 2.05) is 0 Å². The zero-order chi connectivity index (χ0) is 15.0. The molecule has 1 amide bonds. The Labute approximate surface area is 121 Å². The van der Waals surface area contributed by atoms with Gasteiger partial charge in [-0.05, 0) is 18.2 Å². The van der Waals surface area contributed by atoms with E-state index in [4.69, 9.17) is 27.9 Å². The maximum Gasteiger partial charge on any atom is 0.328 e. The van der Waals surface area contributed by atoms with Gasteiger partial charge in [0, 0.05) is 11.6 Å². The number of aliphatic carboxylic acids is 1. The summed E-state index contributed by atoms with van der Waals surface area (Å²) in [6.45, 7) is -0.126. The smallest absolute Gasteiger partial charge is 0.328 e. The highest BCUT2D eigenvalue weighted by atomic mass is 35.5. The van der Waals surface area contributed by atoms with Gasteiger partial charge in [-0.3, -0.25) is 4.79 Å². The molecule has 0 aliphatic carbocycles. The molecule has 0 aliphatic heterocycles. The molecule has 0 unspecified atom stereocenters. The highest BCUT2D eigenvalue weighted by molar-refractivity contribution is 6.32. The van der Waals surface area contributed by atoms with Crippen LogP contribution in [-0.2, 0) is 9.59 Å². The number of amides is 1. The Kier molecular flexibility index (Phi) is 6.14. The lowest BCUT2D eigenvalue weighted by Gasteiger charge is -2.10. The molecular formula is C14H12ClNO4. The Morgan fingerprint density at radius 2 is 2.25 bits per heavy atom. The summed E-state index contributed by atoms with van der Waals surface area (Å²) in [6, 6.07) is 4.81. The van der Waals surface area contributed by atoms with Crippen molar-refractivity contribution in [3.8, 4) is 18.1 Å². The van der Waals surface area contributed by atoms with E-state index in [1.165, 1.54) is 6.08 Å². The Morgan fingerprint density at radius 1 is 1.50 bits per heavy atom. The van der Waals surface area contributed by atoms with Gasteiger partial charge in [0.15, 0.2) is 6.61 Å². The first-order chi connectivity index (χ1) is 9.54. The maximum atomic E-state index is 11.4. The summed E-state index contributed by atoms with van der Waals surface area (Å²) in [6.07, 6.45) is 7.25. The standard InChI is InChI=1S/C14H12ClNO4/c1-2-8-16-13(17)9-20-12-5-3-4-11(15)10(12)6-7-14(18)19/h1,3-7H,8-9H2,(H,16,17)(H,18,19)/b7-6+. The van der Waals surface area contributed by atoms with Gasteiger partial charge in [-0.1, -0.05) is 23.6 Å². The van der Waals surface area contributed by atoms with Crippen LogP contribution in [0.5, 0.6) is 5.75 Å². The third-order valence-electron chi connectivity index (χ3n) is 2.15. The van der Waals surface area contributed by atoms with Crippen LogP contribution in [0.15, 0.2) is 24.3 Å². The van der Waals surface area contributed by atoms with Gasteiger partial charge in [-0.25, -0.2) is 4.79 Å². The molecule has 0 aliphatic rings. The molecule has 104 valence electrons. The van der Waals surface area contributed by atoms with Crippen molar-refractivity contribution in [3.05, 3.63) is 34.9 Å². The molecule has 20 heavy (non-hydrogen) atoms. The molecule has 1 aromatic rings. The number of ether oxygens (including phenoxy) is 1. The molecule has 2 N–H and O–H groups in total. The van der Waals surface area contributed by atoms with Crippen LogP contribution in [0.2, 0.25) is 5.02 Å². The van der Waals surface area contributed by atoms with Gasteiger partial charge >= 0.3 is 5.97 Å². The van der Waals surface area contributed by atoms with E-state index in [-0.39, 0.29) is 19.1 Å². The number of halogens is 1. The summed E-state index contributed by atoms with van der Waals surface area (Å²) in [4.78, 5) is 21.9. The fraction of sp³-hybridized carbons (Fsp3) is 0.143. The first-order valence-corrected chi connectivity index (χ1v) is 5.95. The number of terminal acetylenes is 1. The Balaban J connectivity index is 2.80. The molecular weight excluding hydrogens is 282 g/mol. The molecule has 6 heteroatoms. The predicted octanol–water partition coefficient (Wildman–Crippen LogP) is 1.57. The van der Waals surface area contributed by atoms with Crippen LogP contribution >= 0.6 is 11.6 Å². The average Bonchev–Trinajstić information content (AvgIpc) is 2.41. The second kappa shape index (κ2) is 7.87. The molecule has 0 spiro atoms. The fourth-order valence-corrected chi connectivity index (χ4v) is 1.53. The summed E-state index contributed by atoms with van der Waals surface area (Å²) in [7, 11) is 0. The van der Waals surface area contributed by atoms with Gasteiger partial charge in [0.1, 0.15) is 5.75 Å². The van der Waals surface area contributed by atoms with E-state index in [0.29, 0.717) is 16.3 Å². The summed E-state index contributed by atoms with van der Waals surface area (Å²) in [5.74, 6) is 1.09. The summed E-state index contributed by atoms with van der Waals surface area (Å²) in [5.41, 5.74) is 0.390. The number of carbonyl (C=O) groups is 2. The van der Waals surface area contributed by atoms with Crippen molar-refractivity contribution in [2.24, 2.45) is 0 Å². The number of benzene rings is 1. The van der Waals surface area contributed by atoms with Gasteiger partial charge in [0.25, 0.3) is 5.91 Å². The van der Waals surface area contributed by atoms with E-state index in [0.717, 1.165) is 6.08 Å². The van der Waals surface area contributed by atoms with Gasteiger partial charge < -0.3 is 15.2 Å². The van der Waals surface area contributed by atoms with E-state index < -0.39 is 5.97 Å². The molecule has 0 heterocycles. The van der Waals surface area contributed by atoms with Crippen molar-refractivity contribution < 1.29 is 19.4 Å². The molecule has 0 aromatic heterocycles. The lowest BCUT2D eigenvalue weighted by atomic mass is 10.2. The minimum absolute atomic E-state index is 0.115. The first kappa shape index (κ1) is 15.6. The van der Waals surface area contributed by atoms with Gasteiger partial charge in [0.2, 0.25) is 0 Å². The van der Waals surface area contributed by atoms with Crippen LogP contribution in [-0.4, -0.2) is 30.1 Å². The quantitative estimate of drug-likeness (QED) is 0.616. The van der Waals surface area contributed by atoms with Crippen molar-refractivity contribution >= 4 is 29.6 Å². The summed E-state index contributed by atoms with van der Waals surface area (Å²) in [5, 5.41) is 11.4. The highest BCUT2D eigenvalue weighted by Gasteiger charge is 2.08. The van der Waals surface area contributed by atoms with E-state index in [9.17, 15) is 9.59 Å². The van der Waals surface area contributed by atoms with Gasteiger partial charge in [0.05, 0.1) is 11.6 Å². The number of carboxylic acid groups (broad SMARTS) is 1. The van der Waals surface area contributed by atoms with Crippen molar-refractivity contribution in [1.29, 1.82) is 0 Å². The zero-order valence-electron chi connectivity index (χ0n) is 10.4. The molecule has 5 nitrogen and oxygen atoms in total. The molecule has 1 aromatic carbocycles. The fourth-order valence-electron chi connectivity index (χ4n) is 1.30. The number of hydrogen-bond acceptors (Lipinski definition) is 3. The number of rotatable bonds is 6. The minimum atomic E-state index is -1.11. The zero-order valence-corrected chi connectivity index (χ0v) is 11.2. The van der Waals surface area contributed by atoms with Crippen LogP contribution in [0.4, 0.5) is 0 Å². The van der Waals surface area contributed by atoms with Gasteiger partial charge in [-0.15, -0.1) is 6.42 Å². The number of hydrogen-bond donors (Lipinski definition) is 2. The number of carboxylic acids is 1. The first-order valence-electron chi connectivity index (χ1n) is 5.57. The predicted molar refractivity (Wildman–Crippen MR) is 75.5 cm³/mol.